The molecule has 0 spiro atoms. The van der Waals surface area contributed by atoms with Gasteiger partial charge in [-0.2, -0.15) is 0 Å². The van der Waals surface area contributed by atoms with Crippen molar-refractivity contribution in [1.82, 2.24) is 14.6 Å². The molecule has 0 atom stereocenters. The van der Waals surface area contributed by atoms with Gasteiger partial charge in [-0.3, -0.25) is 9.78 Å². The lowest BCUT2D eigenvalue weighted by Crippen LogP contribution is -2.30. The van der Waals surface area contributed by atoms with Crippen molar-refractivity contribution in [2.24, 2.45) is 0 Å². The molecule has 2 rings (SSSR count). The summed E-state index contributed by atoms with van der Waals surface area (Å²) in [6.45, 7) is 1.68. The van der Waals surface area contributed by atoms with Crippen molar-refractivity contribution >= 4 is 31.9 Å². The zero-order chi connectivity index (χ0) is 14.6. The summed E-state index contributed by atoms with van der Waals surface area (Å²) < 4.78 is 27.1. The van der Waals surface area contributed by atoms with E-state index in [4.69, 9.17) is 0 Å². The lowest BCUT2D eigenvalue weighted by molar-refractivity contribution is -0.127. The topological polar surface area (TPSA) is 79.4 Å². The van der Waals surface area contributed by atoms with Gasteiger partial charge in [0.2, 0.25) is 15.9 Å². The molecule has 1 amide bonds. The highest BCUT2D eigenvalue weighted by atomic mass is 79.9. The third-order valence-corrected chi connectivity index (χ3v) is 4.92. The van der Waals surface area contributed by atoms with Crippen molar-refractivity contribution in [3.05, 3.63) is 22.9 Å². The van der Waals surface area contributed by atoms with Crippen LogP contribution in [0.1, 0.15) is 19.3 Å². The van der Waals surface area contributed by atoms with Crippen LogP contribution < -0.4 is 4.72 Å². The fraction of sp³-hybridized carbons (Fsp3) is 0.500. The number of sulfonamides is 1. The summed E-state index contributed by atoms with van der Waals surface area (Å²) in [5.74, 6) is 0.157. The van der Waals surface area contributed by atoms with E-state index in [-0.39, 0.29) is 10.8 Å². The number of carbonyl (C=O) groups excluding carboxylic acids is 1. The minimum atomic E-state index is -3.54. The molecule has 8 heteroatoms. The van der Waals surface area contributed by atoms with E-state index in [2.05, 4.69) is 25.6 Å². The molecule has 0 unspecified atom stereocenters. The van der Waals surface area contributed by atoms with Crippen molar-refractivity contribution in [2.45, 2.75) is 24.2 Å². The molecule has 1 aromatic heterocycles. The summed E-state index contributed by atoms with van der Waals surface area (Å²) in [4.78, 5) is 17.1. The van der Waals surface area contributed by atoms with Crippen LogP contribution in [0.5, 0.6) is 0 Å². The minimum absolute atomic E-state index is 0.129. The SMILES string of the molecule is O=C1CCCN1CCCNS(=O)(=O)c1cncc(Br)c1. The molecular weight excluding hydrogens is 346 g/mol. The summed E-state index contributed by atoms with van der Waals surface area (Å²) in [7, 11) is -3.54. The number of pyridine rings is 1. The maximum atomic E-state index is 12.0. The van der Waals surface area contributed by atoms with Gasteiger partial charge < -0.3 is 4.90 Å². The molecular formula is C12H16BrN3O3S. The lowest BCUT2D eigenvalue weighted by atomic mass is 10.4. The highest BCUT2D eigenvalue weighted by Gasteiger charge is 2.19. The van der Waals surface area contributed by atoms with Crippen LogP contribution in [-0.2, 0) is 14.8 Å². The van der Waals surface area contributed by atoms with Crippen molar-refractivity contribution in [3.63, 3.8) is 0 Å². The maximum Gasteiger partial charge on any atom is 0.242 e. The molecule has 0 saturated carbocycles. The molecule has 6 nitrogen and oxygen atoms in total. The van der Waals surface area contributed by atoms with E-state index in [9.17, 15) is 13.2 Å². The molecule has 1 fully saturated rings. The Morgan fingerprint density at radius 3 is 2.85 bits per heavy atom. The molecule has 110 valence electrons. The van der Waals surface area contributed by atoms with Crippen LogP contribution >= 0.6 is 15.9 Å². The van der Waals surface area contributed by atoms with E-state index in [1.165, 1.54) is 18.5 Å². The zero-order valence-corrected chi connectivity index (χ0v) is 13.3. The normalized spacial score (nSPS) is 15.8. The second-order valence-electron chi connectivity index (χ2n) is 4.57. The molecule has 1 aromatic rings. The highest BCUT2D eigenvalue weighted by molar-refractivity contribution is 9.10. The Labute approximate surface area is 126 Å². The van der Waals surface area contributed by atoms with Crippen molar-refractivity contribution in [3.8, 4) is 0 Å². The van der Waals surface area contributed by atoms with E-state index in [1.807, 2.05) is 0 Å². The Kier molecular flexibility index (Phi) is 5.11. The predicted octanol–water partition coefficient (Wildman–Crippen LogP) is 1.13. The van der Waals surface area contributed by atoms with Gasteiger partial charge in [0.05, 0.1) is 0 Å². The van der Waals surface area contributed by atoms with E-state index in [1.54, 1.807) is 4.90 Å². The molecule has 0 aromatic carbocycles. The molecule has 20 heavy (non-hydrogen) atoms. The lowest BCUT2D eigenvalue weighted by Gasteiger charge is -2.15. The second-order valence-corrected chi connectivity index (χ2v) is 7.26. The van der Waals surface area contributed by atoms with Crippen molar-refractivity contribution in [2.75, 3.05) is 19.6 Å². The number of aromatic nitrogens is 1. The Hall–Kier alpha value is -0.990. The Morgan fingerprint density at radius 1 is 1.40 bits per heavy atom. The molecule has 1 saturated heterocycles. The quantitative estimate of drug-likeness (QED) is 0.770. The first-order chi connectivity index (χ1) is 9.49. The monoisotopic (exact) mass is 361 g/mol. The van der Waals surface area contributed by atoms with Gasteiger partial charge in [-0.25, -0.2) is 13.1 Å². The van der Waals surface area contributed by atoms with Crippen LogP contribution in [0.25, 0.3) is 0 Å². The average Bonchev–Trinajstić information content (AvgIpc) is 2.80. The molecule has 0 aliphatic carbocycles. The number of likely N-dealkylation sites (tertiary alicyclic amines) is 1. The first kappa shape index (κ1) is 15.4. The molecule has 2 heterocycles. The summed E-state index contributed by atoms with van der Waals surface area (Å²) >= 11 is 3.19. The zero-order valence-electron chi connectivity index (χ0n) is 10.9. The Balaban J connectivity index is 1.82. The predicted molar refractivity (Wildman–Crippen MR) is 77.6 cm³/mol. The summed E-state index contributed by atoms with van der Waals surface area (Å²) in [6.07, 6.45) is 4.94. The van der Waals surface area contributed by atoms with Gasteiger partial charge in [-0.1, -0.05) is 0 Å². The van der Waals surface area contributed by atoms with Crippen molar-refractivity contribution < 1.29 is 13.2 Å². The van der Waals surface area contributed by atoms with Gasteiger partial charge in [0, 0.05) is 42.9 Å². The number of nitrogens with one attached hydrogen (secondary N) is 1. The van der Waals surface area contributed by atoms with Gasteiger partial charge in [-0.05, 0) is 34.8 Å². The van der Waals surface area contributed by atoms with Crippen LogP contribution in [0.3, 0.4) is 0 Å². The summed E-state index contributed by atoms with van der Waals surface area (Å²) in [6, 6.07) is 1.50. The Morgan fingerprint density at radius 2 is 2.20 bits per heavy atom. The fourth-order valence-corrected chi connectivity index (χ4v) is 3.62. The summed E-state index contributed by atoms with van der Waals surface area (Å²) in [5.41, 5.74) is 0. The number of nitrogens with zero attached hydrogens (tertiary/aromatic N) is 2. The number of hydrogen-bond donors (Lipinski definition) is 1. The third-order valence-electron chi connectivity index (χ3n) is 3.06. The van der Waals surface area contributed by atoms with E-state index in [0.717, 1.165) is 13.0 Å². The van der Waals surface area contributed by atoms with Crippen molar-refractivity contribution in [1.29, 1.82) is 0 Å². The van der Waals surface area contributed by atoms with E-state index < -0.39 is 10.0 Å². The number of rotatable bonds is 6. The van der Waals surface area contributed by atoms with Crippen LogP contribution in [0.4, 0.5) is 0 Å². The van der Waals surface area contributed by atoms with Gasteiger partial charge in [-0.15, -0.1) is 0 Å². The third kappa shape index (κ3) is 4.00. The first-order valence-corrected chi connectivity index (χ1v) is 8.65. The van der Waals surface area contributed by atoms with Gasteiger partial charge in [0.15, 0.2) is 0 Å². The van der Waals surface area contributed by atoms with Crippen LogP contribution in [0, 0.1) is 0 Å². The van der Waals surface area contributed by atoms with E-state index in [0.29, 0.717) is 30.4 Å². The molecule has 1 aliphatic heterocycles. The van der Waals surface area contributed by atoms with Crippen LogP contribution in [0.15, 0.2) is 27.8 Å². The van der Waals surface area contributed by atoms with Gasteiger partial charge >= 0.3 is 0 Å². The number of halogens is 1. The summed E-state index contributed by atoms with van der Waals surface area (Å²) in [5, 5.41) is 0. The highest BCUT2D eigenvalue weighted by Crippen LogP contribution is 2.14. The number of hydrogen-bond acceptors (Lipinski definition) is 4. The number of amides is 1. The average molecular weight is 362 g/mol. The largest absolute Gasteiger partial charge is 0.343 e. The van der Waals surface area contributed by atoms with Gasteiger partial charge in [0.25, 0.3) is 0 Å². The van der Waals surface area contributed by atoms with Gasteiger partial charge in [0.1, 0.15) is 4.90 Å². The first-order valence-electron chi connectivity index (χ1n) is 6.37. The molecule has 0 radical (unpaired) electrons. The second kappa shape index (κ2) is 6.64. The maximum absolute atomic E-state index is 12.0. The minimum Gasteiger partial charge on any atom is -0.343 e. The van der Waals surface area contributed by atoms with Crippen LogP contribution in [0.2, 0.25) is 0 Å². The molecule has 1 N–H and O–H groups in total. The Bertz CT molecular complexity index is 591. The van der Waals surface area contributed by atoms with E-state index >= 15 is 0 Å². The number of carbonyl (C=O) groups is 1. The fourth-order valence-electron chi connectivity index (χ4n) is 2.04. The molecule has 0 bridgehead atoms. The smallest absolute Gasteiger partial charge is 0.242 e. The van der Waals surface area contributed by atoms with Crippen LogP contribution in [-0.4, -0.2) is 43.8 Å². The standard InChI is InChI=1S/C12H16BrN3O3S/c13-10-7-11(9-14-8-10)20(18,19)15-4-2-6-16-5-1-3-12(16)17/h7-9,15H,1-6H2. The molecule has 1 aliphatic rings.